The van der Waals surface area contributed by atoms with E-state index in [1.54, 1.807) is 6.07 Å². The number of rotatable bonds is 5. The van der Waals surface area contributed by atoms with E-state index in [-0.39, 0.29) is 17.4 Å². The highest BCUT2D eigenvalue weighted by Gasteiger charge is 2.26. The number of hydrogen-bond acceptors (Lipinski definition) is 6. The fourth-order valence-corrected chi connectivity index (χ4v) is 3.94. The minimum atomic E-state index is -0.783. The summed E-state index contributed by atoms with van der Waals surface area (Å²) in [6.07, 6.45) is 0. The van der Waals surface area contributed by atoms with E-state index in [2.05, 4.69) is 15.6 Å². The van der Waals surface area contributed by atoms with Crippen LogP contribution in [0.4, 0.5) is 9.52 Å². The quantitative estimate of drug-likeness (QED) is 0.647. The Balaban J connectivity index is 1.50. The van der Waals surface area contributed by atoms with Crippen LogP contribution in [0.5, 0.6) is 11.5 Å². The summed E-state index contributed by atoms with van der Waals surface area (Å²) in [5.41, 5.74) is 0.969. The zero-order valence-corrected chi connectivity index (χ0v) is 17.2. The SMILES string of the molecule is CC(C)[C@@H](NC(=O)c1ccc(F)cc1)C(=O)Nc1nc2cc3c(cc2s1)OCCO3. The highest BCUT2D eigenvalue weighted by molar-refractivity contribution is 7.22. The van der Waals surface area contributed by atoms with Crippen LogP contribution >= 0.6 is 11.3 Å². The molecule has 4 rings (SSSR count). The zero-order chi connectivity index (χ0) is 21.3. The maximum Gasteiger partial charge on any atom is 0.251 e. The van der Waals surface area contributed by atoms with Crippen molar-refractivity contribution in [1.29, 1.82) is 0 Å². The minimum Gasteiger partial charge on any atom is -0.486 e. The highest BCUT2D eigenvalue weighted by atomic mass is 32.1. The van der Waals surface area contributed by atoms with Gasteiger partial charge in [-0.1, -0.05) is 25.2 Å². The second kappa shape index (κ2) is 8.27. The smallest absolute Gasteiger partial charge is 0.251 e. The number of nitrogens with one attached hydrogen (secondary N) is 2. The minimum absolute atomic E-state index is 0.169. The van der Waals surface area contributed by atoms with Gasteiger partial charge in [0.25, 0.3) is 5.91 Å². The first-order valence-corrected chi connectivity index (χ1v) is 10.3. The standard InChI is InChI=1S/C21H20FN3O4S/c1-11(2)18(24-19(26)12-3-5-13(22)6-4-12)20(27)25-21-23-14-9-15-16(10-17(14)30-21)29-8-7-28-15/h3-6,9-11,18H,7-8H2,1-2H3,(H,24,26)(H,23,25,27)/t18-/m1/s1. The van der Waals surface area contributed by atoms with Crippen molar-refractivity contribution in [3.63, 3.8) is 0 Å². The summed E-state index contributed by atoms with van der Waals surface area (Å²) in [6.45, 7) is 4.63. The number of anilines is 1. The summed E-state index contributed by atoms with van der Waals surface area (Å²) in [4.78, 5) is 29.7. The van der Waals surface area contributed by atoms with Crippen LogP contribution in [0.25, 0.3) is 10.2 Å². The molecule has 0 bridgehead atoms. The first kappa shape index (κ1) is 20.1. The molecule has 0 radical (unpaired) electrons. The van der Waals surface area contributed by atoms with Gasteiger partial charge in [0.05, 0.1) is 10.2 Å². The first-order chi connectivity index (χ1) is 14.4. The van der Waals surface area contributed by atoms with Crippen LogP contribution in [0.15, 0.2) is 36.4 Å². The van der Waals surface area contributed by atoms with Gasteiger partial charge >= 0.3 is 0 Å². The third-order valence-electron chi connectivity index (χ3n) is 4.62. The molecular formula is C21H20FN3O4S. The van der Waals surface area contributed by atoms with Gasteiger partial charge in [0.2, 0.25) is 5.91 Å². The summed E-state index contributed by atoms with van der Waals surface area (Å²) in [6, 6.07) is 7.99. The molecule has 0 aliphatic carbocycles. The van der Waals surface area contributed by atoms with Gasteiger partial charge in [0.1, 0.15) is 25.1 Å². The Kier molecular flexibility index (Phi) is 5.54. The molecule has 0 spiro atoms. The fraction of sp³-hybridized carbons (Fsp3) is 0.286. The molecule has 2 amide bonds. The van der Waals surface area contributed by atoms with Crippen LogP contribution < -0.4 is 20.1 Å². The van der Waals surface area contributed by atoms with E-state index in [9.17, 15) is 14.0 Å². The third kappa shape index (κ3) is 4.20. The number of ether oxygens (including phenoxy) is 2. The van der Waals surface area contributed by atoms with Crippen molar-refractivity contribution in [3.05, 3.63) is 47.8 Å². The molecule has 30 heavy (non-hydrogen) atoms. The van der Waals surface area contributed by atoms with Crippen molar-refractivity contribution in [1.82, 2.24) is 10.3 Å². The number of thiazole rings is 1. The van der Waals surface area contributed by atoms with Gasteiger partial charge in [-0.2, -0.15) is 0 Å². The molecule has 0 saturated heterocycles. The molecular weight excluding hydrogens is 409 g/mol. The summed E-state index contributed by atoms with van der Waals surface area (Å²) in [5, 5.41) is 5.91. The monoisotopic (exact) mass is 429 g/mol. The molecule has 1 aliphatic rings. The lowest BCUT2D eigenvalue weighted by atomic mass is 10.0. The lowest BCUT2D eigenvalue weighted by molar-refractivity contribution is -0.118. The first-order valence-electron chi connectivity index (χ1n) is 9.48. The van der Waals surface area contributed by atoms with Crippen LogP contribution in [0.3, 0.4) is 0 Å². The van der Waals surface area contributed by atoms with Crippen molar-refractivity contribution in [2.45, 2.75) is 19.9 Å². The number of carbonyl (C=O) groups excluding carboxylic acids is 2. The topological polar surface area (TPSA) is 89.6 Å². The summed E-state index contributed by atoms with van der Waals surface area (Å²) in [7, 11) is 0. The van der Waals surface area contributed by atoms with Crippen LogP contribution in [0.1, 0.15) is 24.2 Å². The van der Waals surface area contributed by atoms with Crippen molar-refractivity contribution in [2.24, 2.45) is 5.92 Å². The lowest BCUT2D eigenvalue weighted by Gasteiger charge is -2.21. The number of amides is 2. The molecule has 2 aromatic carbocycles. The summed E-state index contributed by atoms with van der Waals surface area (Å²) >= 11 is 1.31. The normalized spacial score (nSPS) is 13.9. The molecule has 0 unspecified atom stereocenters. The van der Waals surface area contributed by atoms with Gasteiger partial charge in [-0.05, 0) is 30.2 Å². The third-order valence-corrected chi connectivity index (χ3v) is 5.56. The molecule has 2 N–H and O–H groups in total. The maximum atomic E-state index is 13.1. The number of carbonyl (C=O) groups is 2. The Morgan fingerprint density at radius 2 is 1.77 bits per heavy atom. The van der Waals surface area contributed by atoms with E-state index in [1.807, 2.05) is 19.9 Å². The van der Waals surface area contributed by atoms with Crippen LogP contribution in [0, 0.1) is 11.7 Å². The number of nitrogens with zero attached hydrogens (tertiary/aromatic N) is 1. The average molecular weight is 429 g/mol. The number of fused-ring (bicyclic) bond motifs is 2. The highest BCUT2D eigenvalue weighted by Crippen LogP contribution is 2.37. The molecule has 0 fully saturated rings. The number of aromatic nitrogens is 1. The van der Waals surface area contributed by atoms with Crippen LogP contribution in [0.2, 0.25) is 0 Å². The Bertz CT molecular complexity index is 1050. The Morgan fingerprint density at radius 1 is 1.10 bits per heavy atom. The van der Waals surface area contributed by atoms with Crippen molar-refractivity contribution >= 4 is 38.5 Å². The van der Waals surface area contributed by atoms with Gasteiger partial charge in [0, 0.05) is 17.7 Å². The number of hydrogen-bond donors (Lipinski definition) is 2. The van der Waals surface area contributed by atoms with Gasteiger partial charge in [-0.3, -0.25) is 9.59 Å². The average Bonchev–Trinajstić information content (AvgIpc) is 3.11. The molecule has 1 aliphatic heterocycles. The molecule has 1 atom stereocenters. The molecule has 0 saturated carbocycles. The van der Waals surface area contributed by atoms with E-state index in [4.69, 9.17) is 9.47 Å². The van der Waals surface area contributed by atoms with Gasteiger partial charge in [0.15, 0.2) is 16.6 Å². The van der Waals surface area contributed by atoms with E-state index in [0.717, 1.165) is 4.70 Å². The number of halogens is 1. The van der Waals surface area contributed by atoms with E-state index < -0.39 is 17.8 Å². The van der Waals surface area contributed by atoms with Gasteiger partial charge < -0.3 is 20.1 Å². The van der Waals surface area contributed by atoms with E-state index >= 15 is 0 Å². The maximum absolute atomic E-state index is 13.1. The van der Waals surface area contributed by atoms with Crippen molar-refractivity contribution in [2.75, 3.05) is 18.5 Å². The van der Waals surface area contributed by atoms with Crippen molar-refractivity contribution < 1.29 is 23.5 Å². The molecule has 9 heteroatoms. The van der Waals surface area contributed by atoms with E-state index in [1.165, 1.54) is 35.6 Å². The van der Waals surface area contributed by atoms with Gasteiger partial charge in [-0.15, -0.1) is 0 Å². The summed E-state index contributed by atoms with van der Waals surface area (Å²) < 4.78 is 25.1. The largest absolute Gasteiger partial charge is 0.486 e. The second-order valence-corrected chi connectivity index (χ2v) is 8.20. The van der Waals surface area contributed by atoms with Crippen LogP contribution in [-0.4, -0.2) is 36.1 Å². The van der Waals surface area contributed by atoms with E-state index in [0.29, 0.717) is 35.4 Å². The Labute approximate surface area is 176 Å². The molecule has 3 aromatic rings. The van der Waals surface area contributed by atoms with Gasteiger partial charge in [-0.25, -0.2) is 9.37 Å². The lowest BCUT2D eigenvalue weighted by Crippen LogP contribution is -2.47. The second-order valence-electron chi connectivity index (χ2n) is 7.17. The molecule has 7 nitrogen and oxygen atoms in total. The number of benzene rings is 2. The van der Waals surface area contributed by atoms with Crippen LogP contribution in [-0.2, 0) is 4.79 Å². The Hall–Kier alpha value is -3.20. The molecule has 156 valence electrons. The predicted molar refractivity (Wildman–Crippen MR) is 112 cm³/mol. The summed E-state index contributed by atoms with van der Waals surface area (Å²) in [5.74, 6) is -0.145. The van der Waals surface area contributed by atoms with Crippen molar-refractivity contribution in [3.8, 4) is 11.5 Å². The fourth-order valence-electron chi connectivity index (χ4n) is 3.06. The molecule has 2 heterocycles. The Morgan fingerprint density at radius 3 is 2.43 bits per heavy atom. The predicted octanol–water partition coefficient (Wildman–Crippen LogP) is 3.60. The molecule has 1 aromatic heterocycles. The zero-order valence-electron chi connectivity index (χ0n) is 16.4.